The van der Waals surface area contributed by atoms with Crippen molar-refractivity contribution in [1.29, 1.82) is 0 Å². The van der Waals surface area contributed by atoms with E-state index in [4.69, 9.17) is 9.47 Å². The smallest absolute Gasteiger partial charge is 0.336 e. The molecule has 1 N–H and O–H groups in total. The van der Waals surface area contributed by atoms with Gasteiger partial charge in [-0.2, -0.15) is 4.98 Å². The van der Waals surface area contributed by atoms with Gasteiger partial charge in [0.2, 0.25) is 5.91 Å². The van der Waals surface area contributed by atoms with Gasteiger partial charge in [-0.25, -0.2) is 4.68 Å². The minimum Gasteiger partial charge on any atom is -0.497 e. The van der Waals surface area contributed by atoms with Crippen LogP contribution in [-0.2, 0) is 4.79 Å². The average molecular weight is 409 g/mol. The molecule has 0 saturated carbocycles. The quantitative estimate of drug-likeness (QED) is 0.591. The standard InChI is InChI=1S/C23H28N4O3/c1-15(2)14-30-23-25-21(17-8-6-11-20(12-17)29-5)27(26-23)19-10-7-9-18(13-19)24-22(28)16(3)4/h6-13,15-16H,14H2,1-5H3,(H,24,28). The number of carbonyl (C=O) groups is 1. The normalized spacial score (nSPS) is 11.0. The van der Waals surface area contributed by atoms with Crippen LogP contribution in [-0.4, -0.2) is 34.4 Å². The van der Waals surface area contributed by atoms with E-state index in [2.05, 4.69) is 29.2 Å². The summed E-state index contributed by atoms with van der Waals surface area (Å²) in [5, 5.41) is 7.49. The molecule has 158 valence electrons. The van der Waals surface area contributed by atoms with E-state index in [1.165, 1.54) is 0 Å². The maximum absolute atomic E-state index is 12.1. The summed E-state index contributed by atoms with van der Waals surface area (Å²) in [7, 11) is 1.63. The lowest BCUT2D eigenvalue weighted by Crippen LogP contribution is -2.17. The van der Waals surface area contributed by atoms with Gasteiger partial charge in [-0.1, -0.05) is 45.9 Å². The summed E-state index contributed by atoms with van der Waals surface area (Å²) >= 11 is 0. The van der Waals surface area contributed by atoms with Gasteiger partial charge in [-0.3, -0.25) is 4.79 Å². The zero-order valence-corrected chi connectivity index (χ0v) is 18.0. The number of nitrogens with zero attached hydrogens (tertiary/aromatic N) is 3. The Balaban J connectivity index is 2.03. The van der Waals surface area contributed by atoms with Crippen LogP contribution in [0.2, 0.25) is 0 Å². The molecule has 0 saturated heterocycles. The van der Waals surface area contributed by atoms with E-state index in [0.717, 1.165) is 17.0 Å². The molecule has 30 heavy (non-hydrogen) atoms. The molecule has 0 bridgehead atoms. The highest BCUT2D eigenvalue weighted by Crippen LogP contribution is 2.27. The molecule has 7 nitrogen and oxygen atoms in total. The van der Waals surface area contributed by atoms with Crippen molar-refractivity contribution in [3.63, 3.8) is 0 Å². The molecule has 7 heteroatoms. The largest absolute Gasteiger partial charge is 0.497 e. The number of ether oxygens (including phenoxy) is 2. The number of anilines is 1. The summed E-state index contributed by atoms with van der Waals surface area (Å²) in [5.74, 6) is 1.56. The van der Waals surface area contributed by atoms with E-state index in [9.17, 15) is 4.79 Å². The molecule has 0 radical (unpaired) electrons. The first kappa shape index (κ1) is 21.4. The number of benzene rings is 2. The second kappa shape index (κ2) is 9.43. The zero-order valence-electron chi connectivity index (χ0n) is 18.0. The van der Waals surface area contributed by atoms with Crippen molar-refractivity contribution in [2.24, 2.45) is 11.8 Å². The summed E-state index contributed by atoms with van der Waals surface area (Å²) < 4.78 is 12.8. The number of amides is 1. The maximum atomic E-state index is 12.1. The van der Waals surface area contributed by atoms with Crippen LogP contribution in [0.3, 0.4) is 0 Å². The first-order valence-corrected chi connectivity index (χ1v) is 10.0. The second-order valence-electron chi connectivity index (χ2n) is 7.76. The minimum atomic E-state index is -0.108. The molecule has 3 rings (SSSR count). The van der Waals surface area contributed by atoms with Gasteiger partial charge in [0.15, 0.2) is 5.82 Å². The number of hydrogen-bond acceptors (Lipinski definition) is 5. The first-order chi connectivity index (χ1) is 14.4. The van der Waals surface area contributed by atoms with Crippen molar-refractivity contribution < 1.29 is 14.3 Å². The number of nitrogens with one attached hydrogen (secondary N) is 1. The molecule has 2 aromatic carbocycles. The third-order valence-corrected chi connectivity index (χ3v) is 4.34. The predicted octanol–water partition coefficient (Wildman–Crippen LogP) is 4.57. The Hall–Kier alpha value is -3.35. The Morgan fingerprint density at radius 2 is 1.87 bits per heavy atom. The van der Waals surface area contributed by atoms with Crippen LogP contribution >= 0.6 is 0 Å². The van der Waals surface area contributed by atoms with Crippen molar-refractivity contribution in [3.8, 4) is 28.8 Å². The molecule has 0 spiro atoms. The lowest BCUT2D eigenvalue weighted by atomic mass is 10.2. The van der Waals surface area contributed by atoms with E-state index in [1.54, 1.807) is 11.8 Å². The zero-order chi connectivity index (χ0) is 21.7. The van der Waals surface area contributed by atoms with Crippen molar-refractivity contribution in [3.05, 3.63) is 48.5 Å². The van der Waals surface area contributed by atoms with Gasteiger partial charge in [0.25, 0.3) is 0 Å². The van der Waals surface area contributed by atoms with Gasteiger partial charge < -0.3 is 14.8 Å². The lowest BCUT2D eigenvalue weighted by Gasteiger charge is -2.11. The van der Waals surface area contributed by atoms with Crippen LogP contribution in [0, 0.1) is 11.8 Å². The molecule has 0 fully saturated rings. The van der Waals surface area contributed by atoms with Gasteiger partial charge in [0, 0.05) is 17.2 Å². The second-order valence-corrected chi connectivity index (χ2v) is 7.76. The van der Waals surface area contributed by atoms with Crippen molar-refractivity contribution in [2.45, 2.75) is 27.7 Å². The Bertz CT molecular complexity index is 1010. The predicted molar refractivity (Wildman–Crippen MR) is 117 cm³/mol. The Labute approximate surface area is 177 Å². The lowest BCUT2D eigenvalue weighted by molar-refractivity contribution is -0.118. The fourth-order valence-electron chi connectivity index (χ4n) is 2.73. The SMILES string of the molecule is COc1cccc(-c2nc(OCC(C)C)nn2-c2cccc(NC(=O)C(C)C)c2)c1. The minimum absolute atomic E-state index is 0.0419. The molecular formula is C23H28N4O3. The fraction of sp³-hybridized carbons (Fsp3) is 0.348. The maximum Gasteiger partial charge on any atom is 0.336 e. The molecule has 1 heterocycles. The van der Waals surface area contributed by atoms with Crippen LogP contribution < -0.4 is 14.8 Å². The fourth-order valence-corrected chi connectivity index (χ4v) is 2.73. The molecule has 0 aliphatic carbocycles. The summed E-state index contributed by atoms with van der Waals surface area (Å²) in [4.78, 5) is 16.7. The highest BCUT2D eigenvalue weighted by Gasteiger charge is 2.17. The number of aromatic nitrogens is 3. The van der Waals surface area contributed by atoms with Gasteiger partial charge in [0.1, 0.15) is 5.75 Å². The Morgan fingerprint density at radius 3 is 2.57 bits per heavy atom. The molecule has 0 aliphatic heterocycles. The number of hydrogen-bond donors (Lipinski definition) is 1. The van der Waals surface area contributed by atoms with Gasteiger partial charge in [-0.15, -0.1) is 5.10 Å². The topological polar surface area (TPSA) is 78.3 Å². The molecule has 0 atom stereocenters. The van der Waals surface area contributed by atoms with Gasteiger partial charge in [-0.05, 0) is 36.2 Å². The van der Waals surface area contributed by atoms with E-state index in [0.29, 0.717) is 30.0 Å². The van der Waals surface area contributed by atoms with Crippen molar-refractivity contribution in [1.82, 2.24) is 14.8 Å². The molecule has 1 amide bonds. The van der Waals surface area contributed by atoms with Gasteiger partial charge in [0.05, 0.1) is 19.4 Å². The van der Waals surface area contributed by atoms with Crippen LogP contribution in [0.25, 0.3) is 17.1 Å². The molecular weight excluding hydrogens is 380 g/mol. The van der Waals surface area contributed by atoms with Crippen LogP contribution in [0.4, 0.5) is 5.69 Å². The summed E-state index contributed by atoms with van der Waals surface area (Å²) in [6.07, 6.45) is 0. The molecule has 1 aromatic heterocycles. The molecule has 0 unspecified atom stereocenters. The third-order valence-electron chi connectivity index (χ3n) is 4.34. The Morgan fingerprint density at radius 1 is 1.10 bits per heavy atom. The third kappa shape index (κ3) is 5.17. The van der Waals surface area contributed by atoms with E-state index >= 15 is 0 Å². The van der Waals surface area contributed by atoms with E-state index < -0.39 is 0 Å². The number of methoxy groups -OCH3 is 1. The average Bonchev–Trinajstić information content (AvgIpc) is 3.17. The van der Waals surface area contributed by atoms with Crippen molar-refractivity contribution in [2.75, 3.05) is 19.0 Å². The monoisotopic (exact) mass is 408 g/mol. The molecule has 3 aromatic rings. The Kier molecular flexibility index (Phi) is 6.72. The van der Waals surface area contributed by atoms with Gasteiger partial charge >= 0.3 is 6.01 Å². The summed E-state index contributed by atoms with van der Waals surface area (Å²) in [6, 6.07) is 15.4. The van der Waals surface area contributed by atoms with Crippen LogP contribution in [0.5, 0.6) is 11.8 Å². The summed E-state index contributed by atoms with van der Waals surface area (Å²) in [6.45, 7) is 8.37. The van der Waals surface area contributed by atoms with Crippen LogP contribution in [0.1, 0.15) is 27.7 Å². The highest BCUT2D eigenvalue weighted by molar-refractivity contribution is 5.92. The first-order valence-electron chi connectivity index (χ1n) is 10.0. The summed E-state index contributed by atoms with van der Waals surface area (Å²) in [5.41, 5.74) is 2.31. The number of carbonyl (C=O) groups excluding carboxylic acids is 1. The van der Waals surface area contributed by atoms with E-state index in [1.807, 2.05) is 62.4 Å². The number of rotatable bonds is 8. The van der Waals surface area contributed by atoms with E-state index in [-0.39, 0.29) is 11.8 Å². The van der Waals surface area contributed by atoms with Crippen molar-refractivity contribution >= 4 is 11.6 Å². The highest BCUT2D eigenvalue weighted by atomic mass is 16.5. The van der Waals surface area contributed by atoms with Crippen LogP contribution in [0.15, 0.2) is 48.5 Å². The molecule has 0 aliphatic rings.